The monoisotopic (exact) mass is 417 g/mol. The number of carbonyl (C=O) groups excluding carboxylic acids is 1. The van der Waals surface area contributed by atoms with Gasteiger partial charge in [-0.3, -0.25) is 0 Å². The van der Waals surface area contributed by atoms with E-state index >= 15 is 0 Å². The fourth-order valence-corrected chi connectivity index (χ4v) is 3.78. The molecule has 0 bridgehead atoms. The maximum atomic E-state index is 12.5. The molecule has 0 N–H and O–H groups in total. The summed E-state index contributed by atoms with van der Waals surface area (Å²) in [7, 11) is 1.34. The van der Waals surface area contributed by atoms with Crippen molar-refractivity contribution < 1.29 is 23.6 Å². The second-order valence-electron chi connectivity index (χ2n) is 10.3. The molecule has 0 aliphatic carbocycles. The zero-order valence-electron chi connectivity index (χ0n) is 19.7. The van der Waals surface area contributed by atoms with E-state index in [1.54, 1.807) is 11.9 Å². The zero-order chi connectivity index (χ0) is 22.3. The molecule has 1 amide bonds. The maximum Gasteiger partial charge on any atom is 0.495 e. The van der Waals surface area contributed by atoms with Gasteiger partial charge in [0.15, 0.2) is 0 Å². The number of amides is 1. The summed E-state index contributed by atoms with van der Waals surface area (Å²) in [5, 5.41) is 0. The van der Waals surface area contributed by atoms with E-state index in [0.29, 0.717) is 13.2 Å². The molecule has 2 heterocycles. The smallest absolute Gasteiger partial charge is 0.444 e. The molecule has 6 nitrogen and oxygen atoms in total. The molecule has 1 unspecified atom stereocenters. The normalized spacial score (nSPS) is 22.9. The predicted molar refractivity (Wildman–Crippen MR) is 118 cm³/mol. The van der Waals surface area contributed by atoms with Crippen LogP contribution in [0.1, 0.15) is 72.1 Å². The second kappa shape index (κ2) is 8.17. The lowest BCUT2D eigenvalue weighted by Crippen LogP contribution is -2.41. The van der Waals surface area contributed by atoms with Gasteiger partial charge in [0, 0.05) is 13.7 Å². The van der Waals surface area contributed by atoms with Gasteiger partial charge in [0.05, 0.1) is 17.7 Å². The molecule has 1 aromatic rings. The van der Waals surface area contributed by atoms with E-state index in [2.05, 4.69) is 39.8 Å². The Kier molecular flexibility index (Phi) is 6.29. The van der Waals surface area contributed by atoms with Crippen molar-refractivity contribution in [1.82, 2.24) is 4.90 Å². The van der Waals surface area contributed by atoms with Gasteiger partial charge >= 0.3 is 13.2 Å². The van der Waals surface area contributed by atoms with Crippen LogP contribution in [0.25, 0.3) is 0 Å². The van der Waals surface area contributed by atoms with Crippen LogP contribution in [-0.2, 0) is 25.2 Å². The summed E-state index contributed by atoms with van der Waals surface area (Å²) in [4.78, 5) is 14.0. The number of benzene rings is 1. The number of likely N-dealkylation sites (N-methyl/N-ethyl adjacent to an activating group) is 1. The Morgan fingerprint density at radius 3 is 2.43 bits per heavy atom. The first-order valence-electron chi connectivity index (χ1n) is 10.8. The van der Waals surface area contributed by atoms with E-state index < -0.39 is 23.9 Å². The summed E-state index contributed by atoms with van der Waals surface area (Å²) in [6.45, 7) is 14.9. The van der Waals surface area contributed by atoms with Gasteiger partial charge < -0.3 is 23.7 Å². The number of rotatable bonds is 3. The van der Waals surface area contributed by atoms with Crippen molar-refractivity contribution in [2.24, 2.45) is 0 Å². The quantitative estimate of drug-likeness (QED) is 0.700. The third-order valence-electron chi connectivity index (χ3n) is 6.14. The largest absolute Gasteiger partial charge is 0.495 e. The van der Waals surface area contributed by atoms with E-state index in [4.69, 9.17) is 18.8 Å². The van der Waals surface area contributed by atoms with E-state index in [-0.39, 0.29) is 12.2 Å². The molecule has 1 saturated heterocycles. The molecular weight excluding hydrogens is 381 g/mol. The minimum absolute atomic E-state index is 0.220. The molecule has 2 aliphatic heterocycles. The number of fused-ring (bicyclic) bond motifs is 1. The van der Waals surface area contributed by atoms with Gasteiger partial charge in [-0.1, -0.05) is 18.2 Å². The Morgan fingerprint density at radius 1 is 1.20 bits per heavy atom. The standard InChI is InChI=1S/C23H36BNO5/c1-21(2,3)28-20(26)25(8)15-19-17-11-9-13-18(16(17)12-10-14-27-19)24-29-22(4,5)23(6,7)30-24/h9,11,13,19H,10,12,14-15H2,1-8H3. The molecule has 0 saturated carbocycles. The van der Waals surface area contributed by atoms with Crippen LogP contribution >= 0.6 is 0 Å². The van der Waals surface area contributed by atoms with Gasteiger partial charge in [-0.25, -0.2) is 4.79 Å². The van der Waals surface area contributed by atoms with Crippen molar-refractivity contribution in [3.63, 3.8) is 0 Å². The number of hydrogen-bond acceptors (Lipinski definition) is 5. The lowest BCUT2D eigenvalue weighted by atomic mass is 9.73. The highest BCUT2D eigenvalue weighted by Crippen LogP contribution is 2.37. The van der Waals surface area contributed by atoms with Crippen LogP contribution in [-0.4, -0.2) is 55.1 Å². The first-order valence-corrected chi connectivity index (χ1v) is 10.8. The summed E-state index contributed by atoms with van der Waals surface area (Å²) in [6.07, 6.45) is 1.24. The summed E-state index contributed by atoms with van der Waals surface area (Å²) < 4.78 is 24.3. The van der Waals surface area contributed by atoms with Crippen LogP contribution in [0.4, 0.5) is 4.79 Å². The molecule has 2 aliphatic rings. The van der Waals surface area contributed by atoms with Gasteiger partial charge in [0.25, 0.3) is 0 Å². The molecular formula is C23H36BNO5. The summed E-state index contributed by atoms with van der Waals surface area (Å²) in [5.74, 6) is 0. The Labute approximate surface area is 181 Å². The molecule has 0 radical (unpaired) electrons. The minimum atomic E-state index is -0.530. The maximum absolute atomic E-state index is 12.5. The van der Waals surface area contributed by atoms with E-state index in [9.17, 15) is 4.79 Å². The molecule has 30 heavy (non-hydrogen) atoms. The molecule has 3 rings (SSSR count). The molecule has 1 atom stereocenters. The highest BCUT2D eigenvalue weighted by molar-refractivity contribution is 6.62. The summed E-state index contributed by atoms with van der Waals surface area (Å²) >= 11 is 0. The molecule has 1 fully saturated rings. The van der Waals surface area contributed by atoms with Crippen LogP contribution in [0, 0.1) is 0 Å². The van der Waals surface area contributed by atoms with Crippen molar-refractivity contribution in [3.8, 4) is 0 Å². The molecule has 1 aromatic carbocycles. The molecule has 7 heteroatoms. The first-order chi connectivity index (χ1) is 13.8. The topological polar surface area (TPSA) is 57.2 Å². The third-order valence-corrected chi connectivity index (χ3v) is 6.14. The number of nitrogens with zero attached hydrogens (tertiary/aromatic N) is 1. The van der Waals surface area contributed by atoms with Crippen molar-refractivity contribution in [2.75, 3.05) is 20.2 Å². The predicted octanol–water partition coefficient (Wildman–Crippen LogP) is 3.86. The molecule has 166 valence electrons. The van der Waals surface area contributed by atoms with Gasteiger partial charge in [0.1, 0.15) is 11.7 Å². The SMILES string of the molecule is CN(CC1OCCCc2c(B3OC(C)(C)C(C)(C)O3)cccc21)C(=O)OC(C)(C)C. The van der Waals surface area contributed by atoms with E-state index in [1.807, 2.05) is 26.8 Å². The summed E-state index contributed by atoms with van der Waals surface area (Å²) in [5.41, 5.74) is 2.04. The Balaban J connectivity index is 1.85. The van der Waals surface area contributed by atoms with Crippen LogP contribution in [0.5, 0.6) is 0 Å². The summed E-state index contributed by atoms with van der Waals surface area (Å²) in [6, 6.07) is 6.19. The average Bonchev–Trinajstić information content (AvgIpc) is 2.74. The second-order valence-corrected chi connectivity index (χ2v) is 10.3. The first kappa shape index (κ1) is 23.1. The zero-order valence-corrected chi connectivity index (χ0v) is 19.7. The minimum Gasteiger partial charge on any atom is -0.444 e. The Bertz CT molecular complexity index is 770. The Hall–Kier alpha value is -1.57. The highest BCUT2D eigenvalue weighted by atomic mass is 16.7. The van der Waals surface area contributed by atoms with Crippen molar-refractivity contribution in [3.05, 3.63) is 29.3 Å². The van der Waals surface area contributed by atoms with Gasteiger partial charge in [-0.15, -0.1) is 0 Å². The van der Waals surface area contributed by atoms with Crippen molar-refractivity contribution in [1.29, 1.82) is 0 Å². The van der Waals surface area contributed by atoms with Crippen molar-refractivity contribution >= 4 is 18.7 Å². The van der Waals surface area contributed by atoms with Crippen LogP contribution in [0.3, 0.4) is 0 Å². The van der Waals surface area contributed by atoms with Crippen LogP contribution in [0.2, 0.25) is 0 Å². The lowest BCUT2D eigenvalue weighted by molar-refractivity contribution is 0.00410. The van der Waals surface area contributed by atoms with Crippen LogP contribution in [0.15, 0.2) is 18.2 Å². The number of hydrogen-bond donors (Lipinski definition) is 0. The third kappa shape index (κ3) is 4.84. The molecule has 0 aromatic heterocycles. The van der Waals surface area contributed by atoms with Gasteiger partial charge in [-0.05, 0) is 77.9 Å². The van der Waals surface area contributed by atoms with E-state index in [0.717, 1.165) is 23.9 Å². The fourth-order valence-electron chi connectivity index (χ4n) is 3.78. The van der Waals surface area contributed by atoms with Gasteiger partial charge in [0.2, 0.25) is 0 Å². The Morgan fingerprint density at radius 2 is 1.83 bits per heavy atom. The highest BCUT2D eigenvalue weighted by Gasteiger charge is 2.52. The fraction of sp³-hybridized carbons (Fsp3) is 0.696. The number of ether oxygens (including phenoxy) is 2. The average molecular weight is 417 g/mol. The lowest BCUT2D eigenvalue weighted by Gasteiger charge is -2.32. The van der Waals surface area contributed by atoms with Crippen molar-refractivity contribution in [2.45, 2.75) is 84.2 Å². The molecule has 0 spiro atoms. The van der Waals surface area contributed by atoms with Crippen LogP contribution < -0.4 is 5.46 Å². The number of carbonyl (C=O) groups is 1. The van der Waals surface area contributed by atoms with Gasteiger partial charge in [-0.2, -0.15) is 0 Å². The van der Waals surface area contributed by atoms with E-state index in [1.165, 1.54) is 5.56 Å².